The van der Waals surface area contributed by atoms with E-state index >= 15 is 0 Å². The molecule has 0 fully saturated rings. The van der Waals surface area contributed by atoms with Crippen LogP contribution in [-0.2, 0) is 4.79 Å². The van der Waals surface area contributed by atoms with E-state index in [1.54, 1.807) is 31.2 Å². The summed E-state index contributed by atoms with van der Waals surface area (Å²) in [5, 5.41) is 2.71. The molecule has 6 heteroatoms. The van der Waals surface area contributed by atoms with E-state index in [9.17, 15) is 14.4 Å². The Morgan fingerprint density at radius 1 is 1.13 bits per heavy atom. The van der Waals surface area contributed by atoms with Crippen LogP contribution in [-0.4, -0.2) is 30.1 Å². The van der Waals surface area contributed by atoms with Gasteiger partial charge in [-0.25, -0.2) is 0 Å². The van der Waals surface area contributed by atoms with Crippen molar-refractivity contribution in [1.29, 1.82) is 0 Å². The number of fused-ring (bicyclic) bond motifs is 1. The molecule has 1 aromatic rings. The summed E-state index contributed by atoms with van der Waals surface area (Å²) in [6.45, 7) is 5.50. The zero-order chi connectivity index (χ0) is 16.4. The van der Waals surface area contributed by atoms with Gasteiger partial charge in [0.2, 0.25) is 0 Å². The molecule has 2 rings (SSSR count). The number of allylic oxidation sites excluding steroid dienone is 1. The third-order valence-electron chi connectivity index (χ3n) is 4.06. The third-order valence-corrected chi connectivity index (χ3v) is 4.06. The minimum absolute atomic E-state index is 0. The highest BCUT2D eigenvalue weighted by molar-refractivity contribution is 6.26. The Labute approximate surface area is 141 Å². The Bertz CT molecular complexity index is 680. The quantitative estimate of drug-likeness (QED) is 0.652. The second-order valence-electron chi connectivity index (χ2n) is 5.88. The van der Waals surface area contributed by atoms with E-state index in [0.717, 1.165) is 0 Å². The summed E-state index contributed by atoms with van der Waals surface area (Å²) in [7, 11) is 0. The molecular formula is C17H21ClN2O3. The Hall–Kier alpha value is -1.98. The van der Waals surface area contributed by atoms with E-state index in [-0.39, 0.29) is 48.4 Å². The number of rotatable bonds is 4. The summed E-state index contributed by atoms with van der Waals surface area (Å²) in [5.74, 6) is -0.457. The molecule has 1 unspecified atom stereocenters. The maximum Gasteiger partial charge on any atom is 0.278 e. The predicted molar refractivity (Wildman–Crippen MR) is 82.3 cm³/mol. The first-order valence-electron chi connectivity index (χ1n) is 7.33. The molecule has 0 aromatic heterocycles. The normalized spacial score (nSPS) is 15.2. The number of carbonyl (C=O) groups is 3. The summed E-state index contributed by atoms with van der Waals surface area (Å²) in [4.78, 5) is 36.8. The Balaban J connectivity index is 0.00000264. The first kappa shape index (κ1) is 19.1. The summed E-state index contributed by atoms with van der Waals surface area (Å²) >= 11 is 0. The summed E-state index contributed by atoms with van der Waals surface area (Å²) < 4.78 is 0. The highest BCUT2D eigenvalue weighted by Crippen LogP contribution is 2.25. The molecule has 0 aliphatic heterocycles. The number of nitrogens with one attached hydrogen (secondary N) is 1. The van der Waals surface area contributed by atoms with E-state index in [1.807, 2.05) is 13.8 Å². The van der Waals surface area contributed by atoms with Gasteiger partial charge in [-0.2, -0.15) is 0 Å². The van der Waals surface area contributed by atoms with Crippen molar-refractivity contribution in [2.24, 2.45) is 5.92 Å². The molecule has 1 aromatic carbocycles. The maximum absolute atomic E-state index is 12.5. The molecule has 0 heterocycles. The van der Waals surface area contributed by atoms with Gasteiger partial charge in [-0.1, -0.05) is 38.1 Å². The molecule has 124 valence electrons. The van der Waals surface area contributed by atoms with Crippen molar-refractivity contribution in [2.45, 2.75) is 26.8 Å². The molecule has 5 nitrogen and oxygen atoms in total. The Morgan fingerprint density at radius 2 is 1.65 bits per heavy atom. The molecular weight excluding hydrogens is 316 g/mol. The average molecular weight is 337 g/mol. The van der Waals surface area contributed by atoms with Crippen LogP contribution < -0.4 is 23.5 Å². The van der Waals surface area contributed by atoms with Crippen molar-refractivity contribution in [3.05, 3.63) is 46.5 Å². The van der Waals surface area contributed by atoms with Crippen LogP contribution >= 0.6 is 0 Å². The number of benzene rings is 1. The highest BCUT2D eigenvalue weighted by Gasteiger charge is 2.30. The Kier molecular flexibility index (Phi) is 6.24. The molecule has 1 aliphatic rings. The molecule has 4 N–H and O–H groups in total. The number of hydrogen-bond donors (Lipinski definition) is 2. The van der Waals surface area contributed by atoms with Gasteiger partial charge in [0.05, 0.1) is 0 Å². The average Bonchev–Trinajstić information content (AvgIpc) is 2.51. The SMILES string of the molecule is CC1=C(CNC(=O)C([NH3+])C(C)C)C(=O)c2ccccc2C1=O.[Cl-]. The van der Waals surface area contributed by atoms with Crippen LogP contribution in [0.1, 0.15) is 41.5 Å². The first-order valence-corrected chi connectivity index (χ1v) is 7.33. The van der Waals surface area contributed by atoms with Gasteiger partial charge in [-0.15, -0.1) is 0 Å². The fourth-order valence-electron chi connectivity index (χ4n) is 2.37. The maximum atomic E-state index is 12.5. The topological polar surface area (TPSA) is 90.9 Å². The number of hydrogen-bond acceptors (Lipinski definition) is 3. The van der Waals surface area contributed by atoms with Gasteiger partial charge < -0.3 is 23.5 Å². The van der Waals surface area contributed by atoms with Crippen molar-refractivity contribution in [3.8, 4) is 0 Å². The lowest BCUT2D eigenvalue weighted by atomic mass is 9.84. The minimum atomic E-state index is -0.386. The molecule has 0 spiro atoms. The van der Waals surface area contributed by atoms with E-state index in [2.05, 4.69) is 11.1 Å². The van der Waals surface area contributed by atoms with E-state index in [0.29, 0.717) is 22.3 Å². The van der Waals surface area contributed by atoms with E-state index in [4.69, 9.17) is 0 Å². The lowest BCUT2D eigenvalue weighted by Crippen LogP contribution is -3.00. The molecule has 1 amide bonds. The van der Waals surface area contributed by atoms with Gasteiger partial charge in [0.25, 0.3) is 5.91 Å². The number of carbonyl (C=O) groups excluding carboxylic acids is 3. The highest BCUT2D eigenvalue weighted by atomic mass is 35.5. The number of quaternary nitrogens is 1. The van der Waals surface area contributed by atoms with Crippen molar-refractivity contribution in [2.75, 3.05) is 6.54 Å². The zero-order valence-corrected chi connectivity index (χ0v) is 14.2. The molecule has 1 aliphatic carbocycles. The number of ketones is 2. The largest absolute Gasteiger partial charge is 1.00 e. The summed E-state index contributed by atoms with van der Waals surface area (Å²) in [6, 6.07) is 6.37. The second-order valence-corrected chi connectivity index (χ2v) is 5.88. The molecule has 0 saturated carbocycles. The predicted octanol–water partition coefficient (Wildman–Crippen LogP) is -2.23. The molecule has 1 atom stereocenters. The van der Waals surface area contributed by atoms with Gasteiger partial charge in [0, 0.05) is 34.7 Å². The number of Topliss-reactive ketones (excluding diaryl/α,β-unsaturated/α-hetero) is 2. The molecule has 0 saturated heterocycles. The van der Waals surface area contributed by atoms with Crippen LogP contribution in [0.25, 0.3) is 0 Å². The summed E-state index contributed by atoms with van der Waals surface area (Å²) in [5.41, 5.74) is 5.39. The van der Waals surface area contributed by atoms with Gasteiger partial charge >= 0.3 is 0 Å². The number of amides is 1. The van der Waals surface area contributed by atoms with Crippen molar-refractivity contribution in [1.82, 2.24) is 5.32 Å². The van der Waals surface area contributed by atoms with E-state index in [1.165, 1.54) is 0 Å². The van der Waals surface area contributed by atoms with Crippen molar-refractivity contribution in [3.63, 3.8) is 0 Å². The van der Waals surface area contributed by atoms with Crippen molar-refractivity contribution >= 4 is 17.5 Å². The van der Waals surface area contributed by atoms with Gasteiger partial charge in [-0.3, -0.25) is 14.4 Å². The molecule has 0 bridgehead atoms. The van der Waals surface area contributed by atoms with Gasteiger partial charge in [0.1, 0.15) is 0 Å². The van der Waals surface area contributed by atoms with Crippen LogP contribution in [0.15, 0.2) is 35.4 Å². The van der Waals surface area contributed by atoms with Crippen LogP contribution in [0.4, 0.5) is 0 Å². The fraction of sp³-hybridized carbons (Fsp3) is 0.353. The molecule has 23 heavy (non-hydrogen) atoms. The van der Waals surface area contributed by atoms with Gasteiger partial charge in [-0.05, 0) is 6.92 Å². The third kappa shape index (κ3) is 3.68. The molecule has 0 radical (unpaired) electrons. The van der Waals surface area contributed by atoms with E-state index < -0.39 is 0 Å². The number of halogens is 1. The second kappa shape index (κ2) is 7.53. The smallest absolute Gasteiger partial charge is 0.278 e. The Morgan fingerprint density at radius 3 is 2.17 bits per heavy atom. The van der Waals surface area contributed by atoms with Gasteiger partial charge in [0.15, 0.2) is 17.6 Å². The van der Waals surface area contributed by atoms with Crippen molar-refractivity contribution < 1.29 is 32.5 Å². The summed E-state index contributed by atoms with van der Waals surface area (Å²) in [6.07, 6.45) is 0. The van der Waals surface area contributed by atoms with Crippen LogP contribution in [0.2, 0.25) is 0 Å². The van der Waals surface area contributed by atoms with Crippen LogP contribution in [0, 0.1) is 5.92 Å². The fourth-order valence-corrected chi connectivity index (χ4v) is 2.37. The van der Waals surface area contributed by atoms with Crippen LogP contribution in [0.5, 0.6) is 0 Å². The zero-order valence-electron chi connectivity index (χ0n) is 13.5. The standard InChI is InChI=1S/C17H20N2O3.ClH/c1-9(2)14(18)17(22)19-8-13-10(3)15(20)11-6-4-5-7-12(11)16(13)21;/h4-7,9,14H,8,18H2,1-3H3,(H,19,22);1H. The minimum Gasteiger partial charge on any atom is -1.00 e. The lowest BCUT2D eigenvalue weighted by molar-refractivity contribution is -0.414. The first-order chi connectivity index (χ1) is 10.3. The van der Waals surface area contributed by atoms with Crippen LogP contribution in [0.3, 0.4) is 0 Å². The lowest BCUT2D eigenvalue weighted by Gasteiger charge is -2.20. The monoisotopic (exact) mass is 336 g/mol.